The van der Waals surface area contributed by atoms with Crippen molar-refractivity contribution in [2.75, 3.05) is 13.2 Å². The third-order valence-corrected chi connectivity index (χ3v) is 4.33. The fraction of sp³-hybridized carbons (Fsp3) is 0.462. The molecule has 0 saturated heterocycles. The highest BCUT2D eigenvalue weighted by Crippen LogP contribution is 2.16. The van der Waals surface area contributed by atoms with Gasteiger partial charge < -0.3 is 10.1 Å². The topological polar surface area (TPSA) is 21.3 Å². The average molecular weight is 384 g/mol. The Morgan fingerprint density at radius 3 is 2.32 bits per heavy atom. The molecule has 0 aliphatic heterocycles. The molecule has 156 valence electrons. The maximum Gasteiger partial charge on any atom is 0.0857 e. The summed E-state index contributed by atoms with van der Waals surface area (Å²) in [5.74, 6) is 1.47. The molecule has 1 aromatic rings. The van der Waals surface area contributed by atoms with Crippen LogP contribution in [0, 0.1) is 5.92 Å². The van der Waals surface area contributed by atoms with E-state index in [1.807, 2.05) is 32.1 Å². The van der Waals surface area contributed by atoms with Crippen molar-refractivity contribution in [1.82, 2.24) is 5.32 Å². The molecule has 0 aliphatic rings. The van der Waals surface area contributed by atoms with Crippen molar-refractivity contribution >= 4 is 0 Å². The van der Waals surface area contributed by atoms with Gasteiger partial charge in [-0.05, 0) is 50.2 Å². The van der Waals surface area contributed by atoms with Crippen LogP contribution in [0.15, 0.2) is 79.6 Å². The molecule has 1 N–H and O–H groups in total. The average Bonchev–Trinajstić information content (AvgIpc) is 2.66. The molecule has 0 fully saturated rings. The van der Waals surface area contributed by atoms with Crippen molar-refractivity contribution in [3.05, 3.63) is 85.2 Å². The molecule has 0 heterocycles. The maximum atomic E-state index is 4.85. The Balaban J connectivity index is 0.00000105. The van der Waals surface area contributed by atoms with Crippen LogP contribution >= 0.6 is 0 Å². The number of nitrogens with one attached hydrogen (secondary N) is 1. The molecular weight excluding hydrogens is 342 g/mol. The monoisotopic (exact) mass is 383 g/mol. The SMILES string of the molecule is C=C(C)OCC.C=C/C=C(\C=C)CNC(CCC)CC(C)Cc1ccccc1. The van der Waals surface area contributed by atoms with E-state index in [-0.39, 0.29) is 0 Å². The van der Waals surface area contributed by atoms with E-state index in [4.69, 9.17) is 4.74 Å². The zero-order valence-electron chi connectivity index (χ0n) is 18.5. The summed E-state index contributed by atoms with van der Waals surface area (Å²) < 4.78 is 4.85. The highest BCUT2D eigenvalue weighted by Gasteiger charge is 2.13. The number of allylic oxidation sites excluding steroid dienone is 3. The van der Waals surface area contributed by atoms with Crippen LogP contribution in [0.25, 0.3) is 0 Å². The minimum atomic E-state index is 0.567. The van der Waals surface area contributed by atoms with Gasteiger partial charge in [0.05, 0.1) is 12.4 Å². The van der Waals surface area contributed by atoms with Gasteiger partial charge in [-0.1, -0.05) is 88.6 Å². The van der Waals surface area contributed by atoms with Crippen LogP contribution in [0.3, 0.4) is 0 Å². The smallest absolute Gasteiger partial charge is 0.0857 e. The molecule has 2 atom stereocenters. The van der Waals surface area contributed by atoms with Gasteiger partial charge in [0.25, 0.3) is 0 Å². The number of benzene rings is 1. The number of rotatable bonds is 13. The van der Waals surface area contributed by atoms with Crippen LogP contribution in [0.4, 0.5) is 0 Å². The van der Waals surface area contributed by atoms with Gasteiger partial charge in [-0.25, -0.2) is 0 Å². The second-order valence-electron chi connectivity index (χ2n) is 7.21. The second kappa shape index (κ2) is 17.1. The van der Waals surface area contributed by atoms with Crippen LogP contribution in [0.1, 0.15) is 52.5 Å². The summed E-state index contributed by atoms with van der Waals surface area (Å²) >= 11 is 0. The quantitative estimate of drug-likeness (QED) is 0.296. The van der Waals surface area contributed by atoms with Gasteiger partial charge in [0, 0.05) is 12.6 Å². The van der Waals surface area contributed by atoms with Crippen molar-refractivity contribution < 1.29 is 4.74 Å². The predicted molar refractivity (Wildman–Crippen MR) is 126 cm³/mol. The zero-order valence-corrected chi connectivity index (χ0v) is 18.5. The first kappa shape index (κ1) is 25.9. The lowest BCUT2D eigenvalue weighted by molar-refractivity contribution is 0.233. The van der Waals surface area contributed by atoms with E-state index in [1.54, 1.807) is 0 Å². The zero-order chi connectivity index (χ0) is 21.2. The van der Waals surface area contributed by atoms with Gasteiger partial charge in [0.15, 0.2) is 0 Å². The minimum Gasteiger partial charge on any atom is -0.499 e. The Morgan fingerprint density at radius 1 is 1.18 bits per heavy atom. The summed E-state index contributed by atoms with van der Waals surface area (Å²) in [6.07, 6.45) is 10.6. The molecule has 2 nitrogen and oxygen atoms in total. The Kier molecular flexibility index (Phi) is 15.8. The summed E-state index contributed by atoms with van der Waals surface area (Å²) in [5.41, 5.74) is 2.63. The van der Waals surface area contributed by atoms with Crippen molar-refractivity contribution in [3.63, 3.8) is 0 Å². The van der Waals surface area contributed by atoms with E-state index in [0.29, 0.717) is 12.0 Å². The molecule has 0 spiro atoms. The van der Waals surface area contributed by atoms with E-state index in [9.17, 15) is 0 Å². The van der Waals surface area contributed by atoms with E-state index >= 15 is 0 Å². The normalized spacial score (nSPS) is 12.9. The largest absolute Gasteiger partial charge is 0.499 e. The fourth-order valence-corrected chi connectivity index (χ4v) is 3.10. The maximum absolute atomic E-state index is 4.85. The summed E-state index contributed by atoms with van der Waals surface area (Å²) in [4.78, 5) is 0. The predicted octanol–water partition coefficient (Wildman–Crippen LogP) is 6.87. The van der Waals surface area contributed by atoms with Gasteiger partial charge >= 0.3 is 0 Å². The van der Waals surface area contributed by atoms with E-state index in [0.717, 1.165) is 25.3 Å². The Labute approximate surface area is 174 Å². The van der Waals surface area contributed by atoms with Crippen molar-refractivity contribution in [2.24, 2.45) is 5.92 Å². The summed E-state index contributed by atoms with van der Waals surface area (Å²) in [5, 5.41) is 3.69. The summed E-state index contributed by atoms with van der Waals surface area (Å²) in [7, 11) is 0. The van der Waals surface area contributed by atoms with Crippen LogP contribution in [0.2, 0.25) is 0 Å². The molecule has 0 amide bonds. The molecule has 1 rings (SSSR count). The molecule has 0 saturated carbocycles. The summed E-state index contributed by atoms with van der Waals surface area (Å²) in [6, 6.07) is 11.3. The minimum absolute atomic E-state index is 0.567. The first-order chi connectivity index (χ1) is 13.5. The van der Waals surface area contributed by atoms with Crippen LogP contribution in [-0.2, 0) is 11.2 Å². The molecule has 2 unspecified atom stereocenters. The van der Waals surface area contributed by atoms with Gasteiger partial charge in [0.1, 0.15) is 0 Å². The van der Waals surface area contributed by atoms with E-state index in [1.165, 1.54) is 30.4 Å². The van der Waals surface area contributed by atoms with Crippen molar-refractivity contribution in [2.45, 2.75) is 59.4 Å². The molecule has 28 heavy (non-hydrogen) atoms. The number of ether oxygens (including phenoxy) is 1. The Bertz CT molecular complexity index is 573. The van der Waals surface area contributed by atoms with Gasteiger partial charge in [-0.2, -0.15) is 0 Å². The van der Waals surface area contributed by atoms with Crippen molar-refractivity contribution in [3.8, 4) is 0 Å². The summed E-state index contributed by atoms with van der Waals surface area (Å²) in [6.45, 7) is 21.1. The molecule has 0 aliphatic carbocycles. The number of hydrogen-bond donors (Lipinski definition) is 1. The van der Waals surface area contributed by atoms with Crippen molar-refractivity contribution in [1.29, 1.82) is 0 Å². The molecule has 0 bridgehead atoms. The Hall–Kier alpha value is -2.06. The van der Waals surface area contributed by atoms with Crippen LogP contribution < -0.4 is 5.32 Å². The van der Waals surface area contributed by atoms with Gasteiger partial charge in [0.2, 0.25) is 0 Å². The van der Waals surface area contributed by atoms with Gasteiger partial charge in [-0.15, -0.1) is 0 Å². The Morgan fingerprint density at radius 2 is 1.86 bits per heavy atom. The first-order valence-corrected chi connectivity index (χ1v) is 10.5. The molecule has 0 radical (unpaired) electrons. The molecule has 0 aromatic heterocycles. The number of hydrogen-bond acceptors (Lipinski definition) is 2. The molecule has 2 heteroatoms. The standard InChI is InChI=1S/C21H31N.C5H10O/c1-5-11-19(7-3)17-22-21(12-6-2)16-18(4)15-20-13-9-8-10-14-20;1-4-6-5(2)3/h5,7-11,13-14,18,21-22H,1,3,6,12,15-17H2,2,4H3;2,4H2,1,3H3/b19-11+;. The van der Waals surface area contributed by atoms with Crippen LogP contribution in [0.5, 0.6) is 0 Å². The van der Waals surface area contributed by atoms with E-state index < -0.39 is 0 Å². The fourth-order valence-electron chi connectivity index (χ4n) is 3.10. The lowest BCUT2D eigenvalue weighted by atomic mass is 9.92. The highest BCUT2D eigenvalue weighted by molar-refractivity contribution is 5.22. The highest BCUT2D eigenvalue weighted by atomic mass is 16.5. The lowest BCUT2D eigenvalue weighted by Crippen LogP contribution is -2.32. The third-order valence-electron chi connectivity index (χ3n) is 4.33. The first-order valence-electron chi connectivity index (χ1n) is 10.5. The van der Waals surface area contributed by atoms with E-state index in [2.05, 4.69) is 69.2 Å². The van der Waals surface area contributed by atoms with Gasteiger partial charge in [-0.3, -0.25) is 0 Å². The van der Waals surface area contributed by atoms with Crippen LogP contribution in [-0.4, -0.2) is 19.2 Å². The third kappa shape index (κ3) is 14.1. The second-order valence-corrected chi connectivity index (χ2v) is 7.21. The molecule has 1 aromatic carbocycles. The molecular formula is C26H41NO. The lowest BCUT2D eigenvalue weighted by Gasteiger charge is -2.22.